The van der Waals surface area contributed by atoms with Crippen molar-refractivity contribution in [3.63, 3.8) is 0 Å². The Morgan fingerprint density at radius 1 is 1.06 bits per heavy atom. The number of benzene rings is 2. The molecule has 5 heteroatoms. The van der Waals surface area contributed by atoms with E-state index in [1.807, 2.05) is 6.07 Å². The van der Waals surface area contributed by atoms with Crippen molar-refractivity contribution in [3.05, 3.63) is 56.7 Å². The summed E-state index contributed by atoms with van der Waals surface area (Å²) in [5.74, 6) is 0.377. The number of rotatable bonds is 3. The molecule has 94 valence electrons. The van der Waals surface area contributed by atoms with Gasteiger partial charge in [0.15, 0.2) is 0 Å². The first-order chi connectivity index (χ1) is 8.56. The zero-order valence-electron chi connectivity index (χ0n) is 9.29. The Morgan fingerprint density at radius 3 is 2.56 bits per heavy atom. The maximum Gasteiger partial charge on any atom is 0.136 e. The zero-order chi connectivity index (χ0) is 13.1. The third-order valence-electron chi connectivity index (χ3n) is 2.35. The Morgan fingerprint density at radius 2 is 1.83 bits per heavy atom. The Balaban J connectivity index is 2.13. The monoisotopic (exact) mass is 373 g/mol. The van der Waals surface area contributed by atoms with Crippen LogP contribution in [-0.2, 0) is 6.61 Å². The van der Waals surface area contributed by atoms with Gasteiger partial charge in [0, 0.05) is 21.8 Å². The average Bonchev–Trinajstić information content (AvgIpc) is 2.32. The highest BCUT2D eigenvalue weighted by Gasteiger charge is 2.05. The van der Waals surface area contributed by atoms with Crippen LogP contribution in [0.4, 0.5) is 10.1 Å². The van der Waals surface area contributed by atoms with E-state index in [9.17, 15) is 4.39 Å². The smallest absolute Gasteiger partial charge is 0.136 e. The van der Waals surface area contributed by atoms with Gasteiger partial charge in [0.1, 0.15) is 18.2 Å². The molecule has 0 saturated carbocycles. The van der Waals surface area contributed by atoms with Gasteiger partial charge in [-0.15, -0.1) is 0 Å². The van der Waals surface area contributed by atoms with E-state index in [4.69, 9.17) is 10.5 Å². The first kappa shape index (κ1) is 13.4. The van der Waals surface area contributed by atoms with Crippen LogP contribution in [0, 0.1) is 5.82 Å². The standard InChI is InChI=1S/C13H10Br2FNO/c14-11-4-3-10(17)6-13(11)18-7-8-1-2-9(16)5-12(8)15/h1-6H,7,17H2. The van der Waals surface area contributed by atoms with Crippen molar-refractivity contribution >= 4 is 37.5 Å². The Kier molecular flexibility index (Phi) is 4.24. The molecule has 2 nitrogen and oxygen atoms in total. The predicted octanol–water partition coefficient (Wildman–Crippen LogP) is 4.51. The van der Waals surface area contributed by atoms with E-state index in [1.54, 1.807) is 18.2 Å². The van der Waals surface area contributed by atoms with E-state index in [-0.39, 0.29) is 5.82 Å². The topological polar surface area (TPSA) is 35.2 Å². The van der Waals surface area contributed by atoms with Gasteiger partial charge in [-0.2, -0.15) is 0 Å². The van der Waals surface area contributed by atoms with Crippen LogP contribution >= 0.6 is 31.9 Å². The average molecular weight is 375 g/mol. The first-order valence-electron chi connectivity index (χ1n) is 5.18. The summed E-state index contributed by atoms with van der Waals surface area (Å²) in [5.41, 5.74) is 7.18. The fraction of sp³-hybridized carbons (Fsp3) is 0.0769. The molecule has 0 atom stereocenters. The SMILES string of the molecule is Nc1ccc(Br)c(OCc2ccc(F)cc2Br)c1. The van der Waals surface area contributed by atoms with E-state index in [1.165, 1.54) is 12.1 Å². The van der Waals surface area contributed by atoms with E-state index < -0.39 is 0 Å². The first-order valence-corrected chi connectivity index (χ1v) is 6.76. The number of hydrogen-bond donors (Lipinski definition) is 1. The minimum absolute atomic E-state index is 0.282. The Hall–Kier alpha value is -1.07. The molecule has 0 aliphatic heterocycles. The molecule has 2 aromatic rings. The molecular formula is C13H10Br2FNO. The molecule has 18 heavy (non-hydrogen) atoms. The molecule has 0 aliphatic rings. The van der Waals surface area contributed by atoms with Crippen LogP contribution in [-0.4, -0.2) is 0 Å². The summed E-state index contributed by atoms with van der Waals surface area (Å²) in [6.07, 6.45) is 0. The lowest BCUT2D eigenvalue weighted by molar-refractivity contribution is 0.303. The molecular weight excluding hydrogens is 365 g/mol. The van der Waals surface area contributed by atoms with E-state index in [0.29, 0.717) is 22.5 Å². The molecule has 2 rings (SSSR count). The summed E-state index contributed by atoms with van der Waals surface area (Å²) in [6.45, 7) is 0.336. The fourth-order valence-electron chi connectivity index (χ4n) is 1.42. The van der Waals surface area contributed by atoms with Crippen LogP contribution in [0.2, 0.25) is 0 Å². The van der Waals surface area contributed by atoms with Gasteiger partial charge < -0.3 is 10.5 Å². The summed E-state index contributed by atoms with van der Waals surface area (Å²) < 4.78 is 20.1. The Labute approximate surface area is 121 Å². The van der Waals surface area contributed by atoms with E-state index >= 15 is 0 Å². The zero-order valence-corrected chi connectivity index (χ0v) is 12.5. The molecule has 0 amide bonds. The lowest BCUT2D eigenvalue weighted by Gasteiger charge is -2.10. The predicted molar refractivity (Wildman–Crippen MR) is 77.0 cm³/mol. The van der Waals surface area contributed by atoms with Gasteiger partial charge in [0.2, 0.25) is 0 Å². The van der Waals surface area contributed by atoms with E-state index in [2.05, 4.69) is 31.9 Å². The van der Waals surface area contributed by atoms with Crippen molar-refractivity contribution in [3.8, 4) is 5.75 Å². The van der Waals surface area contributed by atoms with Gasteiger partial charge in [0.25, 0.3) is 0 Å². The minimum atomic E-state index is -0.282. The molecule has 0 fully saturated rings. The molecule has 0 aliphatic carbocycles. The van der Waals surface area contributed by atoms with Crippen molar-refractivity contribution < 1.29 is 9.13 Å². The van der Waals surface area contributed by atoms with Crippen LogP contribution < -0.4 is 10.5 Å². The number of halogens is 3. The lowest BCUT2D eigenvalue weighted by Crippen LogP contribution is -1.98. The second kappa shape index (κ2) is 5.71. The van der Waals surface area contributed by atoms with Crippen LogP contribution in [0.25, 0.3) is 0 Å². The summed E-state index contributed by atoms with van der Waals surface area (Å²) in [7, 11) is 0. The van der Waals surface area contributed by atoms with Crippen molar-refractivity contribution in [1.29, 1.82) is 0 Å². The summed E-state index contributed by atoms with van der Waals surface area (Å²) in [6, 6.07) is 9.83. The van der Waals surface area contributed by atoms with Gasteiger partial charge in [-0.05, 0) is 40.2 Å². The maximum absolute atomic E-state index is 12.9. The molecule has 2 N–H and O–H groups in total. The second-order valence-corrected chi connectivity index (χ2v) is 5.42. The molecule has 0 heterocycles. The van der Waals surface area contributed by atoms with Crippen molar-refractivity contribution in [2.45, 2.75) is 6.61 Å². The highest BCUT2D eigenvalue weighted by Crippen LogP contribution is 2.28. The third-order valence-corrected chi connectivity index (χ3v) is 3.75. The van der Waals surface area contributed by atoms with Crippen LogP contribution in [0.1, 0.15) is 5.56 Å². The third kappa shape index (κ3) is 3.23. The Bertz CT molecular complexity index is 575. The number of hydrogen-bond acceptors (Lipinski definition) is 2. The summed E-state index contributed by atoms with van der Waals surface area (Å²) in [5, 5.41) is 0. The normalized spacial score (nSPS) is 10.4. The number of nitrogens with two attached hydrogens (primary N) is 1. The van der Waals surface area contributed by atoms with Crippen molar-refractivity contribution in [2.24, 2.45) is 0 Å². The highest BCUT2D eigenvalue weighted by atomic mass is 79.9. The highest BCUT2D eigenvalue weighted by molar-refractivity contribution is 9.10. The van der Waals surface area contributed by atoms with Crippen LogP contribution in [0.5, 0.6) is 5.75 Å². The maximum atomic E-state index is 12.9. The molecule has 0 aromatic heterocycles. The molecule has 0 bridgehead atoms. The van der Waals surface area contributed by atoms with Gasteiger partial charge in [-0.3, -0.25) is 0 Å². The number of anilines is 1. The minimum Gasteiger partial charge on any atom is -0.488 e. The number of nitrogen functional groups attached to an aromatic ring is 1. The molecule has 0 radical (unpaired) electrons. The van der Waals surface area contributed by atoms with Gasteiger partial charge in [-0.25, -0.2) is 4.39 Å². The quantitative estimate of drug-likeness (QED) is 0.802. The van der Waals surface area contributed by atoms with Crippen molar-refractivity contribution in [2.75, 3.05) is 5.73 Å². The van der Waals surface area contributed by atoms with Crippen LogP contribution in [0.3, 0.4) is 0 Å². The molecule has 0 spiro atoms. The molecule has 2 aromatic carbocycles. The lowest BCUT2D eigenvalue weighted by atomic mass is 10.2. The largest absolute Gasteiger partial charge is 0.488 e. The van der Waals surface area contributed by atoms with Crippen molar-refractivity contribution in [1.82, 2.24) is 0 Å². The van der Waals surface area contributed by atoms with Gasteiger partial charge >= 0.3 is 0 Å². The van der Waals surface area contributed by atoms with Gasteiger partial charge in [-0.1, -0.05) is 22.0 Å². The second-order valence-electron chi connectivity index (χ2n) is 3.71. The number of ether oxygens (including phenoxy) is 1. The summed E-state index contributed by atoms with van der Waals surface area (Å²) in [4.78, 5) is 0. The summed E-state index contributed by atoms with van der Waals surface area (Å²) >= 11 is 6.68. The van der Waals surface area contributed by atoms with E-state index in [0.717, 1.165) is 10.0 Å². The molecule has 0 unspecified atom stereocenters. The van der Waals surface area contributed by atoms with Crippen LogP contribution in [0.15, 0.2) is 45.3 Å². The molecule has 0 saturated heterocycles. The fourth-order valence-corrected chi connectivity index (χ4v) is 2.25. The van der Waals surface area contributed by atoms with Gasteiger partial charge in [0.05, 0.1) is 4.47 Å².